The molecule has 0 saturated carbocycles. The molecule has 160 valence electrons. The molecule has 1 aromatic heterocycles. The van der Waals surface area contributed by atoms with Gasteiger partial charge >= 0.3 is 0 Å². The Labute approximate surface area is 194 Å². The number of nitriles is 1. The Balaban J connectivity index is 0.000000821. The molecule has 0 saturated heterocycles. The lowest BCUT2D eigenvalue weighted by atomic mass is 10.0. The highest BCUT2D eigenvalue weighted by Crippen LogP contribution is 2.36. The Bertz CT molecular complexity index is 1480. The second-order valence-corrected chi connectivity index (χ2v) is 7.61. The van der Waals surface area contributed by atoms with Crippen LogP contribution in [0.15, 0.2) is 103 Å². The van der Waals surface area contributed by atoms with Gasteiger partial charge in [0.1, 0.15) is 0 Å². The van der Waals surface area contributed by atoms with Crippen LogP contribution in [0.1, 0.15) is 19.4 Å². The van der Waals surface area contributed by atoms with E-state index in [0.29, 0.717) is 0 Å². The van der Waals surface area contributed by atoms with E-state index in [1.807, 2.05) is 25.1 Å². The normalized spacial score (nSPS) is 11.0. The van der Waals surface area contributed by atoms with Crippen LogP contribution in [0.25, 0.3) is 44.2 Å². The summed E-state index contributed by atoms with van der Waals surface area (Å²) in [6.45, 7) is 3.41. The van der Waals surface area contributed by atoms with Crippen molar-refractivity contribution in [3.05, 3.63) is 109 Å². The largest absolute Gasteiger partial charge is 0.309 e. The number of para-hydroxylation sites is 1. The summed E-state index contributed by atoms with van der Waals surface area (Å²) < 4.78 is 2.33. The zero-order valence-electron chi connectivity index (χ0n) is 18.8. The molecule has 1 N–H and O–H groups in total. The number of hydrogen-bond donors (Lipinski definition) is 1. The van der Waals surface area contributed by atoms with Gasteiger partial charge in [0.25, 0.3) is 0 Å². The average molecular weight is 428 g/mol. The average Bonchev–Trinajstić information content (AvgIpc) is 3.19. The van der Waals surface area contributed by atoms with Crippen molar-refractivity contribution < 1.29 is 0 Å². The van der Waals surface area contributed by atoms with Crippen LogP contribution in [0.2, 0.25) is 0 Å². The standard InChI is InChI=1S/C28H22N2.C2H3N/c1-2-20(19-29)22-13-15-25-26-16-14-23(21-9-5-3-6-10-21)18-28(26)30(27(25)17-22)24-11-7-4-8-12-24;1-2-3/h2-19,29H,1H3;1H3/b20-2+,29-19?;. The first kappa shape index (κ1) is 21.8. The third-order valence-corrected chi connectivity index (χ3v) is 5.69. The van der Waals surface area contributed by atoms with Crippen LogP contribution in [0.3, 0.4) is 0 Å². The lowest BCUT2D eigenvalue weighted by Crippen LogP contribution is -1.94. The van der Waals surface area contributed by atoms with Crippen molar-refractivity contribution in [3.8, 4) is 22.9 Å². The summed E-state index contributed by atoms with van der Waals surface area (Å²) in [4.78, 5) is 0. The van der Waals surface area contributed by atoms with Gasteiger partial charge in [-0.15, -0.1) is 0 Å². The molecule has 0 spiro atoms. The molecule has 33 heavy (non-hydrogen) atoms. The highest BCUT2D eigenvalue weighted by molar-refractivity contribution is 6.13. The number of rotatable bonds is 4. The van der Waals surface area contributed by atoms with E-state index in [4.69, 9.17) is 10.7 Å². The van der Waals surface area contributed by atoms with Gasteiger partial charge in [0.05, 0.1) is 17.1 Å². The number of aromatic nitrogens is 1. The molecule has 3 nitrogen and oxygen atoms in total. The van der Waals surface area contributed by atoms with Crippen LogP contribution in [0, 0.1) is 16.7 Å². The van der Waals surface area contributed by atoms with Crippen molar-refractivity contribution in [1.82, 2.24) is 4.57 Å². The molecule has 0 aliphatic heterocycles. The first-order valence-corrected chi connectivity index (χ1v) is 10.9. The van der Waals surface area contributed by atoms with Crippen molar-refractivity contribution in [2.24, 2.45) is 0 Å². The monoisotopic (exact) mass is 427 g/mol. The van der Waals surface area contributed by atoms with E-state index in [2.05, 4.69) is 89.5 Å². The van der Waals surface area contributed by atoms with E-state index >= 15 is 0 Å². The third kappa shape index (κ3) is 4.20. The zero-order valence-corrected chi connectivity index (χ0v) is 18.8. The molecule has 3 heteroatoms. The molecule has 0 aliphatic rings. The highest BCUT2D eigenvalue weighted by Gasteiger charge is 2.14. The number of nitrogens with one attached hydrogen (secondary N) is 1. The van der Waals surface area contributed by atoms with Gasteiger partial charge < -0.3 is 9.98 Å². The van der Waals surface area contributed by atoms with Gasteiger partial charge in [-0.05, 0) is 53.5 Å². The molecule has 0 bridgehead atoms. The van der Waals surface area contributed by atoms with Crippen LogP contribution in [-0.4, -0.2) is 10.8 Å². The van der Waals surface area contributed by atoms with E-state index in [1.54, 1.807) is 6.07 Å². The van der Waals surface area contributed by atoms with Gasteiger partial charge in [-0.1, -0.05) is 78.9 Å². The fourth-order valence-corrected chi connectivity index (χ4v) is 4.20. The van der Waals surface area contributed by atoms with Crippen molar-refractivity contribution in [3.63, 3.8) is 0 Å². The molecule has 0 unspecified atom stereocenters. The summed E-state index contributed by atoms with van der Waals surface area (Å²) in [6, 6.07) is 36.0. The maximum atomic E-state index is 7.75. The van der Waals surface area contributed by atoms with Gasteiger partial charge in [-0.3, -0.25) is 0 Å². The maximum absolute atomic E-state index is 7.75. The van der Waals surface area contributed by atoms with Crippen LogP contribution in [0.5, 0.6) is 0 Å². The van der Waals surface area contributed by atoms with Crippen molar-refractivity contribution in [1.29, 1.82) is 10.7 Å². The van der Waals surface area contributed by atoms with Crippen LogP contribution >= 0.6 is 0 Å². The van der Waals surface area contributed by atoms with E-state index in [0.717, 1.165) is 22.3 Å². The smallest absolute Gasteiger partial charge is 0.0587 e. The first-order chi connectivity index (χ1) is 16.2. The Morgan fingerprint density at radius 3 is 1.97 bits per heavy atom. The summed E-state index contributed by atoms with van der Waals surface area (Å²) in [5, 5.41) is 17.5. The van der Waals surface area contributed by atoms with Crippen LogP contribution in [0.4, 0.5) is 0 Å². The molecule has 0 atom stereocenters. The number of benzene rings is 4. The summed E-state index contributed by atoms with van der Waals surface area (Å²) in [6.07, 6.45) is 3.40. The summed E-state index contributed by atoms with van der Waals surface area (Å²) in [7, 11) is 0. The van der Waals surface area contributed by atoms with Crippen molar-refractivity contribution in [2.75, 3.05) is 0 Å². The second-order valence-electron chi connectivity index (χ2n) is 7.61. The molecule has 5 aromatic rings. The first-order valence-electron chi connectivity index (χ1n) is 10.9. The second kappa shape index (κ2) is 9.80. The number of nitrogens with zero attached hydrogens (tertiary/aromatic N) is 2. The minimum absolute atomic E-state index is 0.923. The van der Waals surface area contributed by atoms with Crippen LogP contribution in [-0.2, 0) is 0 Å². The van der Waals surface area contributed by atoms with Gasteiger partial charge in [0, 0.05) is 29.6 Å². The Morgan fingerprint density at radius 2 is 1.36 bits per heavy atom. The lowest BCUT2D eigenvalue weighted by Gasteiger charge is -2.10. The van der Waals surface area contributed by atoms with Crippen LogP contribution < -0.4 is 0 Å². The third-order valence-electron chi connectivity index (χ3n) is 5.69. The van der Waals surface area contributed by atoms with E-state index < -0.39 is 0 Å². The predicted octanol–water partition coefficient (Wildman–Crippen LogP) is 8.03. The minimum atomic E-state index is 0.923. The lowest BCUT2D eigenvalue weighted by molar-refractivity contribution is 1.18. The molecule has 0 radical (unpaired) electrons. The number of allylic oxidation sites excluding steroid dienone is 2. The molecule has 4 aromatic carbocycles. The molecule has 0 fully saturated rings. The van der Waals surface area contributed by atoms with E-state index in [9.17, 15) is 0 Å². The fourth-order valence-electron chi connectivity index (χ4n) is 4.20. The maximum Gasteiger partial charge on any atom is 0.0587 e. The summed E-state index contributed by atoms with van der Waals surface area (Å²) >= 11 is 0. The quantitative estimate of drug-likeness (QED) is 0.290. The molecule has 0 aliphatic carbocycles. The zero-order chi connectivity index (χ0) is 23.2. The van der Waals surface area contributed by atoms with Gasteiger partial charge in [-0.2, -0.15) is 5.26 Å². The number of hydrogen-bond acceptors (Lipinski definition) is 2. The molecule has 1 heterocycles. The fraction of sp³-hybridized carbons (Fsp3) is 0.0667. The summed E-state index contributed by atoms with van der Waals surface area (Å²) in [5.74, 6) is 0. The predicted molar refractivity (Wildman–Crippen MR) is 140 cm³/mol. The van der Waals surface area contributed by atoms with Crippen molar-refractivity contribution >= 4 is 33.6 Å². The molecular formula is C30H25N3. The Kier molecular flexibility index (Phi) is 6.48. The molecular weight excluding hydrogens is 402 g/mol. The Hall–Kier alpha value is -4.42. The van der Waals surface area contributed by atoms with Gasteiger partial charge in [0.15, 0.2) is 0 Å². The number of fused-ring (bicyclic) bond motifs is 3. The summed E-state index contributed by atoms with van der Waals surface area (Å²) in [5.41, 5.74) is 7.88. The molecule has 0 amide bonds. The van der Waals surface area contributed by atoms with E-state index in [1.165, 1.54) is 40.6 Å². The highest BCUT2D eigenvalue weighted by atomic mass is 15.0. The van der Waals surface area contributed by atoms with Crippen molar-refractivity contribution in [2.45, 2.75) is 13.8 Å². The SMILES string of the molecule is C/C=C(\C=N)c1ccc2c3ccc(-c4ccccc4)cc3n(-c3ccccc3)c2c1.CC#N. The van der Waals surface area contributed by atoms with E-state index in [-0.39, 0.29) is 0 Å². The topological polar surface area (TPSA) is 52.6 Å². The van der Waals surface area contributed by atoms with Gasteiger partial charge in [-0.25, -0.2) is 0 Å². The van der Waals surface area contributed by atoms with Gasteiger partial charge in [0.2, 0.25) is 0 Å². The Morgan fingerprint density at radius 1 is 0.788 bits per heavy atom. The minimum Gasteiger partial charge on any atom is -0.309 e. The molecule has 5 rings (SSSR count).